The van der Waals surface area contributed by atoms with E-state index in [4.69, 9.17) is 16.0 Å². The lowest BCUT2D eigenvalue weighted by atomic mass is 10.0. The molecule has 1 saturated heterocycles. The number of anilines is 1. The number of hydrogen-bond acceptors (Lipinski definition) is 4. The molecule has 9 heteroatoms. The molecular formula is C16H15ClF3N3O2. The largest absolute Gasteiger partial charge is 0.459 e. The van der Waals surface area contributed by atoms with Gasteiger partial charge in [-0.2, -0.15) is 13.2 Å². The molecule has 2 aromatic heterocycles. The molecule has 1 fully saturated rings. The van der Waals surface area contributed by atoms with E-state index in [0.717, 1.165) is 12.3 Å². The van der Waals surface area contributed by atoms with Gasteiger partial charge in [-0.25, -0.2) is 4.98 Å². The second-order valence-electron chi connectivity index (χ2n) is 5.74. The number of halogens is 4. The maximum atomic E-state index is 12.6. The smallest absolute Gasteiger partial charge is 0.417 e. The van der Waals surface area contributed by atoms with Crippen molar-refractivity contribution >= 4 is 23.3 Å². The molecule has 3 rings (SSSR count). The zero-order valence-corrected chi connectivity index (χ0v) is 13.8. The number of carbonyl (C=O) groups is 1. The second kappa shape index (κ2) is 6.95. The number of nitrogens with zero attached hydrogens (tertiary/aromatic N) is 2. The van der Waals surface area contributed by atoms with Crippen LogP contribution in [0.3, 0.4) is 0 Å². The molecule has 5 nitrogen and oxygen atoms in total. The summed E-state index contributed by atoms with van der Waals surface area (Å²) in [6.45, 7) is 1.02. The van der Waals surface area contributed by atoms with E-state index in [1.54, 1.807) is 17.0 Å². The molecular weight excluding hydrogens is 359 g/mol. The van der Waals surface area contributed by atoms with Gasteiger partial charge in [-0.3, -0.25) is 4.79 Å². The summed E-state index contributed by atoms with van der Waals surface area (Å²) < 4.78 is 43.0. The minimum atomic E-state index is -4.48. The van der Waals surface area contributed by atoms with Gasteiger partial charge in [0.05, 0.1) is 16.8 Å². The Morgan fingerprint density at radius 3 is 2.64 bits per heavy atom. The third-order valence-corrected chi connectivity index (χ3v) is 4.31. The van der Waals surface area contributed by atoms with E-state index in [-0.39, 0.29) is 22.8 Å². The first-order valence-corrected chi connectivity index (χ1v) is 8.04. The third kappa shape index (κ3) is 4.07. The van der Waals surface area contributed by atoms with Crippen molar-refractivity contribution in [1.29, 1.82) is 0 Å². The first kappa shape index (κ1) is 17.6. The van der Waals surface area contributed by atoms with Gasteiger partial charge in [-0.05, 0) is 31.0 Å². The summed E-state index contributed by atoms with van der Waals surface area (Å²) in [5, 5.41) is 2.97. The van der Waals surface area contributed by atoms with Crippen molar-refractivity contribution in [2.45, 2.75) is 25.1 Å². The van der Waals surface area contributed by atoms with Crippen LogP contribution in [0.5, 0.6) is 0 Å². The number of piperidine rings is 1. The summed E-state index contributed by atoms with van der Waals surface area (Å²) >= 11 is 5.90. The number of carbonyl (C=O) groups excluding carboxylic acids is 1. The van der Waals surface area contributed by atoms with Crippen molar-refractivity contribution < 1.29 is 22.4 Å². The van der Waals surface area contributed by atoms with E-state index >= 15 is 0 Å². The Morgan fingerprint density at radius 1 is 1.36 bits per heavy atom. The molecule has 1 amide bonds. The molecule has 1 N–H and O–H groups in total. The highest BCUT2D eigenvalue weighted by Crippen LogP contribution is 2.33. The fraction of sp³-hybridized carbons (Fsp3) is 0.375. The Bertz CT molecular complexity index is 742. The minimum absolute atomic E-state index is 0.0256. The molecule has 1 aliphatic rings. The van der Waals surface area contributed by atoms with Gasteiger partial charge < -0.3 is 14.6 Å². The fourth-order valence-corrected chi connectivity index (χ4v) is 2.90. The van der Waals surface area contributed by atoms with Crippen molar-refractivity contribution in [3.05, 3.63) is 47.0 Å². The standard InChI is InChI=1S/C16H15ClF3N3O2/c17-12-8-10(16(18,19)20)9-21-14(12)22-11-3-5-23(6-4-11)15(24)13-2-1-7-25-13/h1-2,7-9,11H,3-6H2,(H,21,22). The predicted molar refractivity (Wildman–Crippen MR) is 85.5 cm³/mol. The molecule has 0 saturated carbocycles. The van der Waals surface area contributed by atoms with Crippen LogP contribution >= 0.6 is 11.6 Å². The van der Waals surface area contributed by atoms with Crippen molar-refractivity contribution in [2.24, 2.45) is 0 Å². The number of rotatable bonds is 3. The topological polar surface area (TPSA) is 58.4 Å². The summed E-state index contributed by atoms with van der Waals surface area (Å²) in [5.74, 6) is 0.332. The molecule has 0 aliphatic carbocycles. The molecule has 0 radical (unpaired) electrons. The van der Waals surface area contributed by atoms with Crippen LogP contribution in [0.1, 0.15) is 29.0 Å². The summed E-state index contributed by atoms with van der Waals surface area (Å²) in [5.41, 5.74) is -0.887. The van der Waals surface area contributed by atoms with E-state index in [0.29, 0.717) is 31.7 Å². The Kier molecular flexibility index (Phi) is 4.89. The van der Waals surface area contributed by atoms with E-state index in [1.807, 2.05) is 0 Å². The maximum absolute atomic E-state index is 12.6. The molecule has 0 aromatic carbocycles. The van der Waals surface area contributed by atoms with E-state index < -0.39 is 11.7 Å². The number of nitrogens with one attached hydrogen (secondary N) is 1. The van der Waals surface area contributed by atoms with Gasteiger partial charge in [-0.1, -0.05) is 11.6 Å². The van der Waals surface area contributed by atoms with Crippen LogP contribution in [-0.4, -0.2) is 34.9 Å². The molecule has 134 valence electrons. The molecule has 25 heavy (non-hydrogen) atoms. The minimum Gasteiger partial charge on any atom is -0.459 e. The van der Waals surface area contributed by atoms with Gasteiger partial charge in [0.1, 0.15) is 5.82 Å². The van der Waals surface area contributed by atoms with Crippen molar-refractivity contribution in [3.63, 3.8) is 0 Å². The SMILES string of the molecule is O=C(c1ccco1)N1CCC(Nc2ncc(C(F)(F)F)cc2Cl)CC1. The molecule has 0 unspecified atom stereocenters. The van der Waals surface area contributed by atoms with Crippen LogP contribution in [0, 0.1) is 0 Å². The van der Waals surface area contributed by atoms with Crippen LogP contribution in [0.15, 0.2) is 35.1 Å². The lowest BCUT2D eigenvalue weighted by molar-refractivity contribution is -0.137. The average Bonchev–Trinajstić information content (AvgIpc) is 3.10. The number of hydrogen-bond donors (Lipinski definition) is 1. The molecule has 1 aliphatic heterocycles. The maximum Gasteiger partial charge on any atom is 0.417 e. The highest BCUT2D eigenvalue weighted by Gasteiger charge is 2.32. The van der Waals surface area contributed by atoms with Crippen molar-refractivity contribution in [1.82, 2.24) is 9.88 Å². The highest BCUT2D eigenvalue weighted by molar-refractivity contribution is 6.33. The summed E-state index contributed by atoms with van der Waals surface area (Å²) in [4.78, 5) is 17.6. The summed E-state index contributed by atoms with van der Waals surface area (Å²) in [6, 6.07) is 4.09. The monoisotopic (exact) mass is 373 g/mol. The fourth-order valence-electron chi connectivity index (χ4n) is 2.68. The number of pyridine rings is 1. The lowest BCUT2D eigenvalue weighted by Gasteiger charge is -2.32. The Labute approximate surface area is 146 Å². The molecule has 0 bridgehead atoms. The van der Waals surface area contributed by atoms with Gasteiger partial charge in [0.2, 0.25) is 0 Å². The van der Waals surface area contributed by atoms with E-state index in [2.05, 4.69) is 10.3 Å². The number of alkyl halides is 3. The molecule has 3 heterocycles. The van der Waals surface area contributed by atoms with Crippen LogP contribution < -0.4 is 5.32 Å². The van der Waals surface area contributed by atoms with Gasteiger partial charge in [0.15, 0.2) is 5.76 Å². The van der Waals surface area contributed by atoms with Gasteiger partial charge in [-0.15, -0.1) is 0 Å². The Balaban J connectivity index is 1.58. The van der Waals surface area contributed by atoms with Crippen LogP contribution in [0.4, 0.5) is 19.0 Å². The Hall–Kier alpha value is -2.22. The second-order valence-corrected chi connectivity index (χ2v) is 6.15. The summed E-state index contributed by atoms with van der Waals surface area (Å²) in [6.07, 6.45) is -1.02. The Morgan fingerprint density at radius 2 is 2.08 bits per heavy atom. The van der Waals surface area contributed by atoms with Crippen LogP contribution in [0.2, 0.25) is 5.02 Å². The van der Waals surface area contributed by atoms with Crippen molar-refractivity contribution in [3.8, 4) is 0 Å². The first-order valence-electron chi connectivity index (χ1n) is 7.66. The number of aromatic nitrogens is 1. The molecule has 2 aromatic rings. The molecule has 0 spiro atoms. The molecule has 0 atom stereocenters. The number of amides is 1. The summed E-state index contributed by atoms with van der Waals surface area (Å²) in [7, 11) is 0. The van der Waals surface area contributed by atoms with Crippen LogP contribution in [0.25, 0.3) is 0 Å². The van der Waals surface area contributed by atoms with E-state index in [9.17, 15) is 18.0 Å². The van der Waals surface area contributed by atoms with Crippen molar-refractivity contribution in [2.75, 3.05) is 18.4 Å². The van der Waals surface area contributed by atoms with Gasteiger partial charge in [0, 0.05) is 25.3 Å². The predicted octanol–water partition coefficient (Wildman–Crippen LogP) is 4.06. The zero-order chi connectivity index (χ0) is 18.0. The first-order chi connectivity index (χ1) is 11.8. The third-order valence-electron chi connectivity index (χ3n) is 4.02. The number of furan rings is 1. The zero-order valence-electron chi connectivity index (χ0n) is 13.0. The van der Waals surface area contributed by atoms with E-state index in [1.165, 1.54) is 6.26 Å². The van der Waals surface area contributed by atoms with Gasteiger partial charge in [0.25, 0.3) is 5.91 Å². The number of likely N-dealkylation sites (tertiary alicyclic amines) is 1. The lowest BCUT2D eigenvalue weighted by Crippen LogP contribution is -2.42. The highest BCUT2D eigenvalue weighted by atomic mass is 35.5. The normalized spacial score (nSPS) is 16.1. The quantitative estimate of drug-likeness (QED) is 0.881. The average molecular weight is 374 g/mol. The van der Waals surface area contributed by atoms with Gasteiger partial charge >= 0.3 is 6.18 Å². The van der Waals surface area contributed by atoms with Crippen LogP contribution in [-0.2, 0) is 6.18 Å².